The van der Waals surface area contributed by atoms with Gasteiger partial charge in [0.15, 0.2) is 0 Å². The molecule has 1 aromatic carbocycles. The second-order valence-electron chi connectivity index (χ2n) is 4.47. The molecule has 1 nitrogen and oxygen atoms in total. The van der Waals surface area contributed by atoms with Gasteiger partial charge in [-0.05, 0) is 30.9 Å². The zero-order valence-corrected chi connectivity index (χ0v) is 9.26. The van der Waals surface area contributed by atoms with Crippen molar-refractivity contribution >= 4 is 0 Å². The topological polar surface area (TPSA) is 12.0 Å². The Kier molecular flexibility index (Phi) is 3.88. The Hall–Kier alpha value is -0.960. The van der Waals surface area contributed by atoms with Crippen LogP contribution in [0, 0.1) is 5.92 Å². The summed E-state index contributed by atoms with van der Waals surface area (Å²) in [6.07, 6.45) is 1.65. The number of rotatable bonds is 5. The van der Waals surface area contributed by atoms with Crippen molar-refractivity contribution in [3.05, 3.63) is 35.4 Å². The minimum atomic E-state index is -2.36. The summed E-state index contributed by atoms with van der Waals surface area (Å²) in [7, 11) is 0. The molecule has 2 rings (SSSR count). The van der Waals surface area contributed by atoms with Crippen LogP contribution in [0.5, 0.6) is 0 Å². The number of alkyl halides is 2. The van der Waals surface area contributed by atoms with Crippen molar-refractivity contribution in [3.63, 3.8) is 0 Å². The fourth-order valence-electron chi connectivity index (χ4n) is 1.90. The largest absolute Gasteiger partial charge is 0.312 e. The number of hydrogen-bond donors (Lipinski definition) is 1. The van der Waals surface area contributed by atoms with E-state index in [9.17, 15) is 8.78 Å². The highest BCUT2D eigenvalue weighted by molar-refractivity contribution is 5.23. The van der Waals surface area contributed by atoms with Crippen LogP contribution >= 0.6 is 0 Å². The van der Waals surface area contributed by atoms with Crippen molar-refractivity contribution in [2.45, 2.75) is 32.2 Å². The summed E-state index contributed by atoms with van der Waals surface area (Å²) in [6.45, 7) is 1.83. The van der Waals surface area contributed by atoms with E-state index < -0.39 is 6.43 Å². The van der Waals surface area contributed by atoms with Crippen LogP contribution in [0.1, 0.15) is 36.8 Å². The van der Waals surface area contributed by atoms with Gasteiger partial charge in [0, 0.05) is 12.1 Å². The Morgan fingerprint density at radius 3 is 2.38 bits per heavy atom. The Labute approximate surface area is 94.9 Å². The van der Waals surface area contributed by atoms with Gasteiger partial charge in [-0.2, -0.15) is 0 Å². The SMILES string of the molecule is FC(F)c1ccc(CNCC2CCC2)cc1. The van der Waals surface area contributed by atoms with E-state index in [1.54, 1.807) is 12.1 Å². The molecular weight excluding hydrogens is 208 g/mol. The quantitative estimate of drug-likeness (QED) is 0.808. The number of nitrogens with one attached hydrogen (secondary N) is 1. The van der Waals surface area contributed by atoms with Crippen molar-refractivity contribution in [1.82, 2.24) is 5.32 Å². The lowest BCUT2D eigenvalue weighted by Crippen LogP contribution is -2.26. The van der Waals surface area contributed by atoms with Crippen LogP contribution in [-0.4, -0.2) is 6.54 Å². The lowest BCUT2D eigenvalue weighted by molar-refractivity contribution is 0.151. The highest BCUT2D eigenvalue weighted by Crippen LogP contribution is 2.25. The van der Waals surface area contributed by atoms with Gasteiger partial charge in [-0.15, -0.1) is 0 Å². The third-order valence-electron chi connectivity index (χ3n) is 3.22. The van der Waals surface area contributed by atoms with E-state index >= 15 is 0 Å². The molecule has 0 aromatic heterocycles. The van der Waals surface area contributed by atoms with Crippen LogP contribution in [0.3, 0.4) is 0 Å². The Morgan fingerprint density at radius 2 is 1.88 bits per heavy atom. The van der Waals surface area contributed by atoms with Crippen LogP contribution < -0.4 is 5.32 Å². The van der Waals surface area contributed by atoms with Gasteiger partial charge in [-0.1, -0.05) is 30.7 Å². The van der Waals surface area contributed by atoms with E-state index in [1.165, 1.54) is 31.4 Å². The van der Waals surface area contributed by atoms with E-state index in [0.29, 0.717) is 0 Å². The molecule has 0 saturated heterocycles. The van der Waals surface area contributed by atoms with E-state index in [1.807, 2.05) is 0 Å². The number of halogens is 2. The molecule has 0 atom stereocenters. The first-order valence-corrected chi connectivity index (χ1v) is 5.83. The molecule has 1 aliphatic carbocycles. The summed E-state index contributed by atoms with van der Waals surface area (Å²) in [5.41, 5.74) is 1.17. The molecule has 1 N–H and O–H groups in total. The first-order valence-electron chi connectivity index (χ1n) is 5.83. The van der Waals surface area contributed by atoms with E-state index in [2.05, 4.69) is 5.32 Å². The predicted molar refractivity (Wildman–Crippen MR) is 60.4 cm³/mol. The lowest BCUT2D eigenvalue weighted by atomic mass is 9.85. The Bertz CT molecular complexity index is 317. The number of hydrogen-bond acceptors (Lipinski definition) is 1. The van der Waals surface area contributed by atoms with E-state index in [4.69, 9.17) is 0 Å². The van der Waals surface area contributed by atoms with Gasteiger partial charge in [-0.3, -0.25) is 0 Å². The van der Waals surface area contributed by atoms with Crippen molar-refractivity contribution in [2.75, 3.05) is 6.54 Å². The summed E-state index contributed by atoms with van der Waals surface area (Å²) in [4.78, 5) is 0. The van der Waals surface area contributed by atoms with Gasteiger partial charge in [0.25, 0.3) is 6.43 Å². The molecule has 88 valence electrons. The average molecular weight is 225 g/mol. The van der Waals surface area contributed by atoms with Gasteiger partial charge in [0.2, 0.25) is 0 Å². The molecule has 1 fully saturated rings. The lowest BCUT2D eigenvalue weighted by Gasteiger charge is -2.25. The number of benzene rings is 1. The molecule has 0 aliphatic heterocycles. The van der Waals surface area contributed by atoms with Crippen LogP contribution in [0.4, 0.5) is 8.78 Å². The highest BCUT2D eigenvalue weighted by Gasteiger charge is 2.16. The minimum Gasteiger partial charge on any atom is -0.312 e. The minimum absolute atomic E-state index is 0.0998. The molecule has 0 amide bonds. The molecule has 1 saturated carbocycles. The monoisotopic (exact) mass is 225 g/mol. The van der Waals surface area contributed by atoms with Crippen LogP contribution in [0.2, 0.25) is 0 Å². The van der Waals surface area contributed by atoms with Gasteiger partial charge in [0.1, 0.15) is 0 Å². The molecule has 3 heteroatoms. The second kappa shape index (κ2) is 5.39. The molecule has 0 radical (unpaired) electrons. The van der Waals surface area contributed by atoms with Crippen molar-refractivity contribution < 1.29 is 8.78 Å². The summed E-state index contributed by atoms with van der Waals surface area (Å²) in [5, 5.41) is 3.36. The summed E-state index contributed by atoms with van der Waals surface area (Å²) in [5.74, 6) is 0.834. The molecule has 0 spiro atoms. The zero-order valence-electron chi connectivity index (χ0n) is 9.26. The second-order valence-corrected chi connectivity index (χ2v) is 4.47. The summed E-state index contributed by atoms with van der Waals surface area (Å²) < 4.78 is 24.6. The van der Waals surface area contributed by atoms with E-state index in [-0.39, 0.29) is 5.56 Å². The average Bonchev–Trinajstić information content (AvgIpc) is 2.22. The molecule has 16 heavy (non-hydrogen) atoms. The van der Waals surface area contributed by atoms with Gasteiger partial charge in [-0.25, -0.2) is 8.78 Å². The standard InChI is InChI=1S/C13H17F2N/c14-13(15)12-6-4-11(5-7-12)9-16-8-10-2-1-3-10/h4-7,10,13,16H,1-3,8-9H2. The predicted octanol–water partition coefficient (Wildman–Crippen LogP) is 3.51. The van der Waals surface area contributed by atoms with Crippen molar-refractivity contribution in [3.8, 4) is 0 Å². The fraction of sp³-hybridized carbons (Fsp3) is 0.538. The summed E-state index contributed by atoms with van der Waals surface area (Å²) >= 11 is 0. The fourth-order valence-corrected chi connectivity index (χ4v) is 1.90. The smallest absolute Gasteiger partial charge is 0.263 e. The molecule has 0 heterocycles. The zero-order chi connectivity index (χ0) is 11.4. The normalized spacial score (nSPS) is 16.4. The first kappa shape index (κ1) is 11.5. The van der Waals surface area contributed by atoms with Crippen LogP contribution in [0.25, 0.3) is 0 Å². The maximum atomic E-state index is 12.3. The van der Waals surface area contributed by atoms with Crippen molar-refractivity contribution in [2.24, 2.45) is 5.92 Å². The highest BCUT2D eigenvalue weighted by atomic mass is 19.3. The molecule has 1 aliphatic rings. The first-order chi connectivity index (χ1) is 7.75. The Morgan fingerprint density at radius 1 is 1.19 bits per heavy atom. The molecule has 0 bridgehead atoms. The Balaban J connectivity index is 1.75. The third kappa shape index (κ3) is 3.01. The maximum Gasteiger partial charge on any atom is 0.263 e. The van der Waals surface area contributed by atoms with Crippen LogP contribution in [0.15, 0.2) is 24.3 Å². The van der Waals surface area contributed by atoms with Gasteiger partial charge in [0.05, 0.1) is 0 Å². The molecule has 1 aromatic rings. The van der Waals surface area contributed by atoms with Gasteiger partial charge >= 0.3 is 0 Å². The van der Waals surface area contributed by atoms with E-state index in [0.717, 1.165) is 24.6 Å². The molecule has 0 unspecified atom stereocenters. The third-order valence-corrected chi connectivity index (χ3v) is 3.22. The maximum absolute atomic E-state index is 12.3. The van der Waals surface area contributed by atoms with Crippen LogP contribution in [-0.2, 0) is 6.54 Å². The molecular formula is C13H17F2N. The van der Waals surface area contributed by atoms with Crippen molar-refractivity contribution in [1.29, 1.82) is 0 Å². The van der Waals surface area contributed by atoms with Gasteiger partial charge < -0.3 is 5.32 Å². The summed E-state index contributed by atoms with van der Waals surface area (Å²) in [6, 6.07) is 6.56.